The van der Waals surface area contributed by atoms with Gasteiger partial charge in [0.1, 0.15) is 0 Å². The van der Waals surface area contributed by atoms with Crippen molar-refractivity contribution in [1.82, 2.24) is 0 Å². The van der Waals surface area contributed by atoms with E-state index < -0.39 is 0 Å². The highest BCUT2D eigenvalue weighted by Crippen LogP contribution is 2.07. The Bertz CT molecular complexity index is 309. The topological polar surface area (TPSA) is 26.0 Å². The van der Waals surface area contributed by atoms with E-state index in [2.05, 4.69) is 13.0 Å². The Balaban J connectivity index is 2.61. The molecule has 0 bridgehead atoms. The number of hydrogen-bond acceptors (Lipinski definition) is 1. The molecule has 74 valence electrons. The normalized spacial score (nSPS) is 12.2. The van der Waals surface area contributed by atoms with Gasteiger partial charge in [0.2, 0.25) is 0 Å². The van der Waals surface area contributed by atoms with Gasteiger partial charge in [-0.2, -0.15) is 0 Å². The van der Waals surface area contributed by atoms with Gasteiger partial charge >= 0.3 is 0 Å². The molecule has 1 rings (SSSR count). The molecule has 1 heteroatoms. The van der Waals surface area contributed by atoms with Gasteiger partial charge in [-0.15, -0.1) is 0 Å². The van der Waals surface area contributed by atoms with E-state index in [0.717, 1.165) is 17.7 Å². The summed E-state index contributed by atoms with van der Waals surface area (Å²) in [4.78, 5) is 0. The fourth-order valence-electron chi connectivity index (χ4n) is 1.16. The van der Waals surface area contributed by atoms with Gasteiger partial charge in [0.25, 0.3) is 0 Å². The van der Waals surface area contributed by atoms with Crippen molar-refractivity contribution in [1.29, 1.82) is 0 Å². The van der Waals surface area contributed by atoms with Crippen LogP contribution in [0.15, 0.2) is 48.6 Å². The second-order valence-corrected chi connectivity index (χ2v) is 3.20. The molecule has 0 atom stereocenters. The molecule has 0 unspecified atom stereocenters. The highest BCUT2D eigenvalue weighted by atomic mass is 14.6. The Labute approximate surface area is 85.9 Å². The Morgan fingerprint density at radius 1 is 1.29 bits per heavy atom. The third kappa shape index (κ3) is 3.48. The van der Waals surface area contributed by atoms with E-state index in [1.165, 1.54) is 6.42 Å². The molecular formula is C13H17N. The van der Waals surface area contributed by atoms with E-state index in [-0.39, 0.29) is 0 Å². The largest absolute Gasteiger partial charge is 0.398 e. The average Bonchev–Trinajstić information content (AvgIpc) is 2.25. The van der Waals surface area contributed by atoms with Gasteiger partial charge in [0, 0.05) is 5.70 Å². The minimum Gasteiger partial charge on any atom is -0.398 e. The smallest absolute Gasteiger partial charge is 0.0387 e. The van der Waals surface area contributed by atoms with Gasteiger partial charge < -0.3 is 5.73 Å². The highest BCUT2D eigenvalue weighted by Gasteiger charge is 1.90. The van der Waals surface area contributed by atoms with Crippen LogP contribution in [-0.2, 0) is 0 Å². The van der Waals surface area contributed by atoms with Crippen LogP contribution in [0.4, 0.5) is 0 Å². The third-order valence-electron chi connectivity index (χ3n) is 1.97. The number of hydrogen-bond donors (Lipinski definition) is 1. The molecular weight excluding hydrogens is 170 g/mol. The first kappa shape index (κ1) is 10.6. The zero-order valence-electron chi connectivity index (χ0n) is 8.61. The predicted octanol–water partition coefficient (Wildman–Crippen LogP) is 3.34. The molecule has 0 spiro atoms. The lowest BCUT2D eigenvalue weighted by atomic mass is 10.1. The van der Waals surface area contributed by atoms with Crippen LogP contribution in [0, 0.1) is 0 Å². The number of allylic oxidation sites excluding steroid dienone is 3. The van der Waals surface area contributed by atoms with Crippen molar-refractivity contribution in [3.8, 4) is 0 Å². The first-order valence-electron chi connectivity index (χ1n) is 5.02. The Morgan fingerprint density at radius 3 is 2.64 bits per heavy atom. The van der Waals surface area contributed by atoms with E-state index in [1.807, 2.05) is 42.5 Å². The summed E-state index contributed by atoms with van der Waals surface area (Å²) in [5.41, 5.74) is 7.78. The van der Waals surface area contributed by atoms with Crippen molar-refractivity contribution >= 4 is 5.70 Å². The highest BCUT2D eigenvalue weighted by molar-refractivity contribution is 5.63. The quantitative estimate of drug-likeness (QED) is 0.719. The van der Waals surface area contributed by atoms with Crippen molar-refractivity contribution in [2.45, 2.75) is 19.8 Å². The maximum Gasteiger partial charge on any atom is 0.0387 e. The van der Waals surface area contributed by atoms with Crippen LogP contribution in [0.1, 0.15) is 25.3 Å². The predicted molar refractivity (Wildman–Crippen MR) is 62.7 cm³/mol. The molecule has 0 heterocycles. The molecule has 0 aliphatic carbocycles. The maximum absolute atomic E-state index is 5.89. The Morgan fingerprint density at radius 2 is 2.00 bits per heavy atom. The van der Waals surface area contributed by atoms with Crippen LogP contribution in [0.25, 0.3) is 5.70 Å². The zero-order chi connectivity index (χ0) is 10.2. The summed E-state index contributed by atoms with van der Waals surface area (Å²) >= 11 is 0. The van der Waals surface area contributed by atoms with Crippen LogP contribution in [0.3, 0.4) is 0 Å². The Kier molecular flexibility index (Phi) is 4.56. The standard InChI is InChI=1S/C13H17N/c1-2-3-4-8-11-13(14)12-9-6-5-7-10-12/h4-11H,2-3,14H2,1H3/b8-4-,13-11-. The van der Waals surface area contributed by atoms with Gasteiger partial charge in [-0.25, -0.2) is 0 Å². The fraction of sp³-hybridized carbons (Fsp3) is 0.231. The monoisotopic (exact) mass is 187 g/mol. The van der Waals surface area contributed by atoms with Crippen molar-refractivity contribution in [3.63, 3.8) is 0 Å². The maximum atomic E-state index is 5.89. The van der Waals surface area contributed by atoms with Crippen LogP contribution >= 0.6 is 0 Å². The van der Waals surface area contributed by atoms with Gasteiger partial charge in [-0.05, 0) is 18.1 Å². The third-order valence-corrected chi connectivity index (χ3v) is 1.97. The molecule has 0 fully saturated rings. The molecule has 0 saturated heterocycles. The molecule has 1 aromatic carbocycles. The summed E-state index contributed by atoms with van der Waals surface area (Å²) in [7, 11) is 0. The second-order valence-electron chi connectivity index (χ2n) is 3.20. The van der Waals surface area contributed by atoms with Gasteiger partial charge in [0.05, 0.1) is 0 Å². The lowest BCUT2D eigenvalue weighted by Crippen LogP contribution is -1.94. The SMILES string of the molecule is CCC/C=C\C=C(/N)c1ccccc1. The van der Waals surface area contributed by atoms with E-state index in [4.69, 9.17) is 5.73 Å². The average molecular weight is 187 g/mol. The second kappa shape index (κ2) is 6.03. The zero-order valence-corrected chi connectivity index (χ0v) is 8.61. The number of unbranched alkanes of at least 4 members (excludes halogenated alkanes) is 1. The van der Waals surface area contributed by atoms with Gasteiger partial charge in [-0.3, -0.25) is 0 Å². The molecule has 0 amide bonds. The number of rotatable bonds is 4. The lowest BCUT2D eigenvalue weighted by molar-refractivity contribution is 0.959. The van der Waals surface area contributed by atoms with E-state index in [0.29, 0.717) is 0 Å². The van der Waals surface area contributed by atoms with Crippen molar-refractivity contribution in [3.05, 3.63) is 54.1 Å². The Hall–Kier alpha value is -1.50. The van der Waals surface area contributed by atoms with Crippen LogP contribution < -0.4 is 5.73 Å². The van der Waals surface area contributed by atoms with E-state index >= 15 is 0 Å². The molecule has 2 N–H and O–H groups in total. The summed E-state index contributed by atoms with van der Waals surface area (Å²) < 4.78 is 0. The molecule has 14 heavy (non-hydrogen) atoms. The number of nitrogens with two attached hydrogens (primary N) is 1. The molecule has 0 saturated carbocycles. The van der Waals surface area contributed by atoms with E-state index in [9.17, 15) is 0 Å². The summed E-state index contributed by atoms with van der Waals surface area (Å²) in [5, 5.41) is 0. The van der Waals surface area contributed by atoms with Crippen LogP contribution in [0.5, 0.6) is 0 Å². The van der Waals surface area contributed by atoms with Crippen molar-refractivity contribution in [2.75, 3.05) is 0 Å². The van der Waals surface area contributed by atoms with Crippen molar-refractivity contribution in [2.24, 2.45) is 5.73 Å². The summed E-state index contributed by atoms with van der Waals surface area (Å²) in [6, 6.07) is 10.0. The lowest BCUT2D eigenvalue weighted by Gasteiger charge is -1.98. The van der Waals surface area contributed by atoms with Crippen LogP contribution in [-0.4, -0.2) is 0 Å². The molecule has 1 aromatic rings. The first-order valence-corrected chi connectivity index (χ1v) is 5.02. The summed E-state index contributed by atoms with van der Waals surface area (Å²) in [6.45, 7) is 2.16. The van der Waals surface area contributed by atoms with Gasteiger partial charge in [-0.1, -0.05) is 55.8 Å². The molecule has 0 aliphatic rings. The van der Waals surface area contributed by atoms with Crippen molar-refractivity contribution < 1.29 is 0 Å². The van der Waals surface area contributed by atoms with Crippen LogP contribution in [0.2, 0.25) is 0 Å². The minimum atomic E-state index is 0.818. The number of benzene rings is 1. The molecule has 0 radical (unpaired) electrons. The fourth-order valence-corrected chi connectivity index (χ4v) is 1.16. The molecule has 0 aromatic heterocycles. The summed E-state index contributed by atoms with van der Waals surface area (Å²) in [5.74, 6) is 0. The molecule has 0 aliphatic heterocycles. The molecule has 1 nitrogen and oxygen atoms in total. The first-order chi connectivity index (χ1) is 6.84. The van der Waals surface area contributed by atoms with E-state index in [1.54, 1.807) is 0 Å². The van der Waals surface area contributed by atoms with Gasteiger partial charge in [0.15, 0.2) is 0 Å². The summed E-state index contributed by atoms with van der Waals surface area (Å²) in [6.07, 6.45) is 8.39. The minimum absolute atomic E-state index is 0.818.